The number of allylic oxidation sites excluding steroid dienone is 1. The van der Waals surface area contributed by atoms with Crippen LogP contribution in [0.25, 0.3) is 0 Å². The molecule has 0 bridgehead atoms. The van der Waals surface area contributed by atoms with E-state index in [2.05, 4.69) is 5.32 Å². The van der Waals surface area contributed by atoms with E-state index >= 15 is 0 Å². The predicted octanol–water partition coefficient (Wildman–Crippen LogP) is 3.35. The van der Waals surface area contributed by atoms with Crippen LogP contribution in [-0.4, -0.2) is 25.6 Å². The lowest BCUT2D eigenvalue weighted by Gasteiger charge is -2.18. The number of hydrogen-bond donors (Lipinski definition) is 1. The van der Waals surface area contributed by atoms with Crippen LogP contribution in [0.2, 0.25) is 0 Å². The van der Waals surface area contributed by atoms with Crippen molar-refractivity contribution >= 4 is 29.3 Å². The first kappa shape index (κ1) is 17.1. The monoisotopic (exact) mass is 333 g/mol. The number of carbonyl (C=O) groups is 2. The lowest BCUT2D eigenvalue weighted by atomic mass is 10.0. The van der Waals surface area contributed by atoms with Crippen molar-refractivity contribution in [2.75, 3.05) is 19.0 Å². The van der Waals surface area contributed by atoms with Crippen LogP contribution in [0.15, 0.2) is 46.2 Å². The van der Waals surface area contributed by atoms with Gasteiger partial charge in [0.05, 0.1) is 24.2 Å². The third-order valence-electron chi connectivity index (χ3n) is 3.27. The SMILES string of the molecule is CCOC(=O)C1=CSC(C(=O)Nc2cccc(OC)c2)=CC1C. The van der Waals surface area contributed by atoms with Gasteiger partial charge in [-0.1, -0.05) is 30.8 Å². The number of anilines is 1. The van der Waals surface area contributed by atoms with Gasteiger partial charge in [-0.25, -0.2) is 4.79 Å². The first-order valence-corrected chi connectivity index (χ1v) is 8.14. The van der Waals surface area contributed by atoms with E-state index in [9.17, 15) is 9.59 Å². The number of thioether (sulfide) groups is 1. The Morgan fingerprint density at radius 1 is 1.35 bits per heavy atom. The molecule has 0 saturated heterocycles. The van der Waals surface area contributed by atoms with Crippen molar-refractivity contribution < 1.29 is 19.1 Å². The molecule has 1 unspecified atom stereocenters. The molecule has 1 aliphatic heterocycles. The van der Waals surface area contributed by atoms with Crippen molar-refractivity contribution in [3.63, 3.8) is 0 Å². The summed E-state index contributed by atoms with van der Waals surface area (Å²) in [4.78, 5) is 24.7. The lowest BCUT2D eigenvalue weighted by Crippen LogP contribution is -2.18. The van der Waals surface area contributed by atoms with Crippen molar-refractivity contribution in [2.24, 2.45) is 5.92 Å². The maximum atomic E-state index is 12.3. The zero-order valence-corrected chi connectivity index (χ0v) is 14.1. The Balaban J connectivity index is 2.04. The molecule has 1 N–H and O–H groups in total. The number of benzene rings is 1. The van der Waals surface area contributed by atoms with Crippen LogP contribution >= 0.6 is 11.8 Å². The fourth-order valence-corrected chi connectivity index (χ4v) is 3.07. The molecular weight excluding hydrogens is 314 g/mol. The van der Waals surface area contributed by atoms with Gasteiger partial charge < -0.3 is 14.8 Å². The number of nitrogens with one attached hydrogen (secondary N) is 1. The maximum Gasteiger partial charge on any atom is 0.335 e. The number of methoxy groups -OCH3 is 1. The van der Waals surface area contributed by atoms with Gasteiger partial charge in [0.15, 0.2) is 0 Å². The summed E-state index contributed by atoms with van der Waals surface area (Å²) in [5.74, 6) is -0.0439. The van der Waals surface area contributed by atoms with E-state index in [-0.39, 0.29) is 17.8 Å². The molecule has 0 fully saturated rings. The second-order valence-corrected chi connectivity index (χ2v) is 5.83. The standard InChI is InChI=1S/C17H19NO4S/c1-4-22-17(20)14-10-23-15(8-11(14)2)16(19)18-12-6-5-7-13(9-12)21-3/h5-11H,4H2,1-3H3,(H,18,19). The number of ether oxygens (including phenoxy) is 2. The number of rotatable bonds is 5. The zero-order chi connectivity index (χ0) is 16.8. The van der Waals surface area contributed by atoms with Crippen LogP contribution in [-0.2, 0) is 14.3 Å². The first-order valence-electron chi connectivity index (χ1n) is 7.26. The van der Waals surface area contributed by atoms with Crippen molar-refractivity contribution in [3.8, 4) is 5.75 Å². The molecule has 1 aliphatic rings. The van der Waals surface area contributed by atoms with E-state index in [1.54, 1.807) is 49.8 Å². The highest BCUT2D eigenvalue weighted by atomic mass is 32.2. The molecule has 23 heavy (non-hydrogen) atoms. The molecule has 5 nitrogen and oxygen atoms in total. The number of amides is 1. The van der Waals surface area contributed by atoms with E-state index in [0.717, 1.165) is 0 Å². The van der Waals surface area contributed by atoms with Gasteiger partial charge in [0.2, 0.25) is 0 Å². The highest BCUT2D eigenvalue weighted by molar-refractivity contribution is 8.06. The minimum absolute atomic E-state index is 0.165. The molecule has 0 aliphatic carbocycles. The number of hydrogen-bond acceptors (Lipinski definition) is 5. The second kappa shape index (κ2) is 7.87. The van der Waals surface area contributed by atoms with Gasteiger partial charge in [-0.2, -0.15) is 0 Å². The normalized spacial score (nSPS) is 16.9. The number of esters is 1. The topological polar surface area (TPSA) is 64.6 Å². The van der Waals surface area contributed by atoms with Crippen LogP contribution in [0.4, 0.5) is 5.69 Å². The van der Waals surface area contributed by atoms with E-state index in [4.69, 9.17) is 9.47 Å². The average Bonchev–Trinajstić information content (AvgIpc) is 2.55. The molecule has 1 amide bonds. The third-order valence-corrected chi connectivity index (χ3v) is 4.21. The van der Waals surface area contributed by atoms with E-state index < -0.39 is 0 Å². The van der Waals surface area contributed by atoms with E-state index in [1.807, 2.05) is 6.92 Å². The van der Waals surface area contributed by atoms with E-state index in [1.165, 1.54) is 11.8 Å². The van der Waals surface area contributed by atoms with Gasteiger partial charge in [-0.05, 0) is 24.5 Å². The van der Waals surface area contributed by atoms with Gasteiger partial charge in [0.1, 0.15) is 5.75 Å². The highest BCUT2D eigenvalue weighted by Crippen LogP contribution is 2.32. The molecule has 122 valence electrons. The molecule has 1 aromatic carbocycles. The summed E-state index contributed by atoms with van der Waals surface area (Å²) >= 11 is 1.22. The summed E-state index contributed by atoms with van der Waals surface area (Å²) in [5, 5.41) is 4.51. The molecule has 6 heteroatoms. The van der Waals surface area contributed by atoms with Crippen LogP contribution < -0.4 is 10.1 Å². The second-order valence-electron chi connectivity index (χ2n) is 4.92. The summed E-state index contributed by atoms with van der Waals surface area (Å²) in [5.41, 5.74) is 1.22. The van der Waals surface area contributed by atoms with Crippen molar-refractivity contribution in [1.29, 1.82) is 0 Å². The largest absolute Gasteiger partial charge is 0.497 e. The molecule has 1 atom stereocenters. The average molecular weight is 333 g/mol. The quantitative estimate of drug-likeness (QED) is 0.837. The van der Waals surface area contributed by atoms with Crippen molar-refractivity contribution in [2.45, 2.75) is 13.8 Å². The van der Waals surface area contributed by atoms with Crippen LogP contribution in [0, 0.1) is 5.92 Å². The zero-order valence-electron chi connectivity index (χ0n) is 13.3. The molecule has 1 heterocycles. The smallest absolute Gasteiger partial charge is 0.335 e. The fraction of sp³-hybridized carbons (Fsp3) is 0.294. The molecule has 0 radical (unpaired) electrons. The molecule has 0 saturated carbocycles. The summed E-state index contributed by atoms with van der Waals surface area (Å²) in [6, 6.07) is 7.14. The third kappa shape index (κ3) is 4.39. The minimum atomic E-state index is -0.337. The Labute approximate surface area is 139 Å². The van der Waals surface area contributed by atoms with Crippen LogP contribution in [0.1, 0.15) is 13.8 Å². The summed E-state index contributed by atoms with van der Waals surface area (Å²) in [6.45, 7) is 3.96. The molecule has 0 aromatic heterocycles. The van der Waals surface area contributed by atoms with Gasteiger partial charge in [-0.3, -0.25) is 4.79 Å². The first-order chi connectivity index (χ1) is 11.0. The molecule has 0 spiro atoms. The van der Waals surface area contributed by atoms with E-state index in [0.29, 0.717) is 28.5 Å². The van der Waals surface area contributed by atoms with Crippen LogP contribution in [0.3, 0.4) is 0 Å². The van der Waals surface area contributed by atoms with Crippen molar-refractivity contribution in [3.05, 3.63) is 46.2 Å². The summed E-state index contributed by atoms with van der Waals surface area (Å²) in [6.07, 6.45) is 1.77. The maximum absolute atomic E-state index is 12.3. The number of carbonyl (C=O) groups excluding carboxylic acids is 2. The van der Waals surface area contributed by atoms with Gasteiger partial charge in [0.25, 0.3) is 5.91 Å². The highest BCUT2D eigenvalue weighted by Gasteiger charge is 2.23. The summed E-state index contributed by atoms with van der Waals surface area (Å²) < 4.78 is 10.1. The molecular formula is C17H19NO4S. The Morgan fingerprint density at radius 2 is 2.13 bits per heavy atom. The van der Waals surface area contributed by atoms with Gasteiger partial charge in [-0.15, -0.1) is 0 Å². The Hall–Kier alpha value is -2.21. The van der Waals surface area contributed by atoms with Gasteiger partial charge >= 0.3 is 5.97 Å². The Kier molecular flexibility index (Phi) is 5.87. The molecule has 1 aromatic rings. The Morgan fingerprint density at radius 3 is 2.78 bits per heavy atom. The summed E-state index contributed by atoms with van der Waals surface area (Å²) in [7, 11) is 1.57. The predicted molar refractivity (Wildman–Crippen MR) is 91.2 cm³/mol. The Bertz CT molecular complexity index is 666. The van der Waals surface area contributed by atoms with Crippen molar-refractivity contribution in [1.82, 2.24) is 0 Å². The fourth-order valence-electron chi connectivity index (χ4n) is 2.06. The molecule has 2 rings (SSSR count). The van der Waals surface area contributed by atoms with Gasteiger partial charge in [0, 0.05) is 17.7 Å². The lowest BCUT2D eigenvalue weighted by molar-refractivity contribution is -0.138. The minimum Gasteiger partial charge on any atom is -0.497 e. The van der Waals surface area contributed by atoms with Crippen LogP contribution in [0.5, 0.6) is 5.75 Å².